The van der Waals surface area contributed by atoms with E-state index < -0.39 is 17.7 Å². The minimum atomic E-state index is -0.734. The number of aldehydes is 1. The molecule has 0 saturated carbocycles. The largest absolute Gasteiger partial charge is 0.443 e. The number of likely N-dealkylation sites (tertiary alicyclic amines) is 1. The fourth-order valence-electron chi connectivity index (χ4n) is 1.38. The summed E-state index contributed by atoms with van der Waals surface area (Å²) in [4.78, 5) is 34.4. The lowest BCUT2D eigenvalue weighted by Crippen LogP contribution is -2.42. The molecule has 104 valence electrons. The minimum absolute atomic E-state index is 0.225. The molecule has 0 radical (unpaired) electrons. The number of nitrogens with zero attached hydrogens (tertiary/aromatic N) is 1. The quantitative estimate of drug-likeness (QED) is 0.665. The van der Waals surface area contributed by atoms with Gasteiger partial charge in [-0.3, -0.25) is 4.79 Å². The number of rotatable bonds is 1. The summed E-state index contributed by atoms with van der Waals surface area (Å²) in [5.74, 6) is -0.346. The van der Waals surface area contributed by atoms with E-state index in [4.69, 9.17) is 4.74 Å². The minimum Gasteiger partial charge on any atom is -0.443 e. The topological polar surface area (TPSA) is 72.9 Å². The highest BCUT2D eigenvalue weighted by molar-refractivity contribution is 5.97. The second-order valence-electron chi connectivity index (χ2n) is 4.89. The predicted octanol–water partition coefficient (Wildman–Crippen LogP) is 1.37. The van der Waals surface area contributed by atoms with E-state index in [0.717, 1.165) is 4.90 Å². The third kappa shape index (κ3) is 5.27. The van der Waals surface area contributed by atoms with Gasteiger partial charge in [-0.15, -0.1) is 0 Å². The van der Waals surface area contributed by atoms with Gasteiger partial charge >= 0.3 is 6.09 Å². The van der Waals surface area contributed by atoms with Crippen molar-refractivity contribution >= 4 is 18.3 Å². The Morgan fingerprint density at radius 1 is 1.39 bits per heavy atom. The monoisotopic (exact) mass is 259 g/mol. The molecule has 2 amide bonds. The molecule has 1 aliphatic rings. The Morgan fingerprint density at radius 2 is 1.89 bits per heavy atom. The van der Waals surface area contributed by atoms with Crippen molar-refractivity contribution in [3.05, 3.63) is 0 Å². The van der Waals surface area contributed by atoms with Gasteiger partial charge in [0.25, 0.3) is 0 Å². The molecule has 0 aromatic rings. The highest BCUT2D eigenvalue weighted by Crippen LogP contribution is 2.20. The summed E-state index contributed by atoms with van der Waals surface area (Å²) in [5, 5.41) is 0. The van der Waals surface area contributed by atoms with Gasteiger partial charge in [-0.05, 0) is 27.2 Å². The van der Waals surface area contributed by atoms with E-state index in [1.807, 2.05) is 0 Å². The first-order valence-electron chi connectivity index (χ1n) is 5.67. The predicted molar refractivity (Wildman–Crippen MR) is 65.1 cm³/mol. The summed E-state index contributed by atoms with van der Waals surface area (Å²) in [5.41, 5.74) is -0.659. The van der Waals surface area contributed by atoms with Gasteiger partial charge in [0.1, 0.15) is 11.9 Å². The molecule has 1 atom stereocenters. The van der Waals surface area contributed by atoms with Crippen molar-refractivity contribution < 1.29 is 23.9 Å². The average molecular weight is 259 g/mol. The molecule has 1 heterocycles. The number of carbonyl (C=O) groups is 3. The summed E-state index contributed by atoms with van der Waals surface area (Å²) in [6, 6.07) is -0.660. The van der Waals surface area contributed by atoms with Crippen LogP contribution in [0.15, 0.2) is 0 Å². The molecule has 6 nitrogen and oxygen atoms in total. The van der Waals surface area contributed by atoms with E-state index in [2.05, 4.69) is 4.74 Å². The first-order valence-corrected chi connectivity index (χ1v) is 5.67. The van der Waals surface area contributed by atoms with Crippen molar-refractivity contribution in [3.63, 3.8) is 0 Å². The molecule has 1 unspecified atom stereocenters. The highest BCUT2D eigenvalue weighted by Gasteiger charge is 2.38. The molecule has 1 fully saturated rings. The van der Waals surface area contributed by atoms with E-state index in [-0.39, 0.29) is 12.3 Å². The van der Waals surface area contributed by atoms with Crippen LogP contribution in [0.25, 0.3) is 0 Å². The van der Waals surface area contributed by atoms with Crippen LogP contribution in [0.3, 0.4) is 0 Å². The molecule has 0 N–H and O–H groups in total. The zero-order valence-corrected chi connectivity index (χ0v) is 11.6. The molecular weight excluding hydrogens is 238 g/mol. The van der Waals surface area contributed by atoms with E-state index >= 15 is 0 Å². The zero-order chi connectivity index (χ0) is 14.3. The Bertz CT molecular complexity index is 308. The summed E-state index contributed by atoms with van der Waals surface area (Å²) in [7, 11) is 3.25. The van der Waals surface area contributed by atoms with Crippen LogP contribution in [0.2, 0.25) is 0 Å². The van der Waals surface area contributed by atoms with Crippen LogP contribution in [0.1, 0.15) is 33.6 Å². The Hall–Kier alpha value is -1.43. The van der Waals surface area contributed by atoms with Crippen LogP contribution in [0, 0.1) is 0 Å². The van der Waals surface area contributed by atoms with Gasteiger partial charge < -0.3 is 14.3 Å². The molecule has 0 aromatic carbocycles. The lowest BCUT2D eigenvalue weighted by molar-refractivity contribution is -0.130. The Balaban J connectivity index is 0.000000873. The Kier molecular flexibility index (Phi) is 6.54. The maximum Gasteiger partial charge on any atom is 0.417 e. The molecular formula is C12H21NO5. The first kappa shape index (κ1) is 16.6. The Morgan fingerprint density at radius 3 is 2.28 bits per heavy atom. The third-order valence-electron chi connectivity index (χ3n) is 2.00. The molecule has 0 bridgehead atoms. The maximum atomic E-state index is 11.6. The highest BCUT2D eigenvalue weighted by atomic mass is 16.6. The second kappa shape index (κ2) is 7.10. The van der Waals surface area contributed by atoms with Gasteiger partial charge in [0, 0.05) is 20.6 Å². The fourth-order valence-corrected chi connectivity index (χ4v) is 1.38. The van der Waals surface area contributed by atoms with Crippen molar-refractivity contribution in [1.29, 1.82) is 0 Å². The average Bonchev–Trinajstić information content (AvgIpc) is 2.58. The van der Waals surface area contributed by atoms with Gasteiger partial charge in [0.05, 0.1) is 6.04 Å². The summed E-state index contributed by atoms with van der Waals surface area (Å²) < 4.78 is 9.28. The molecule has 1 saturated heterocycles. The number of ether oxygens (including phenoxy) is 2. The van der Waals surface area contributed by atoms with Crippen LogP contribution < -0.4 is 0 Å². The van der Waals surface area contributed by atoms with Crippen LogP contribution in [0.5, 0.6) is 0 Å². The molecule has 6 heteroatoms. The van der Waals surface area contributed by atoms with E-state index in [1.165, 1.54) is 0 Å². The number of hydrogen-bond donors (Lipinski definition) is 0. The van der Waals surface area contributed by atoms with Crippen molar-refractivity contribution in [3.8, 4) is 0 Å². The van der Waals surface area contributed by atoms with Crippen LogP contribution in [0.4, 0.5) is 4.79 Å². The van der Waals surface area contributed by atoms with Crippen molar-refractivity contribution in [1.82, 2.24) is 4.90 Å². The molecule has 0 aromatic heterocycles. The van der Waals surface area contributed by atoms with Gasteiger partial charge in [0.15, 0.2) is 0 Å². The van der Waals surface area contributed by atoms with Gasteiger partial charge in [-0.1, -0.05) is 0 Å². The lowest BCUT2D eigenvalue weighted by atomic mass is 10.2. The van der Waals surface area contributed by atoms with Crippen LogP contribution >= 0.6 is 0 Å². The smallest absolute Gasteiger partial charge is 0.417 e. The standard InChI is InChI=1S/C10H15NO4.C2H6O/c1-10(2,3)15-9(14)11-7(6-12)4-5-8(11)13;1-3-2/h6-7H,4-5H2,1-3H3;1-2H3. The first-order chi connectivity index (χ1) is 8.26. The van der Waals surface area contributed by atoms with E-state index in [9.17, 15) is 14.4 Å². The number of methoxy groups -OCH3 is 1. The molecule has 0 aliphatic carbocycles. The summed E-state index contributed by atoms with van der Waals surface area (Å²) >= 11 is 0. The number of imide groups is 1. The van der Waals surface area contributed by atoms with E-state index in [0.29, 0.717) is 12.7 Å². The summed E-state index contributed by atoms with van der Waals surface area (Å²) in [6.07, 6.45) is 0.487. The fraction of sp³-hybridized carbons (Fsp3) is 0.750. The SMILES string of the molecule is CC(C)(C)OC(=O)N1C(=O)CCC1C=O.COC. The van der Waals surface area contributed by atoms with Gasteiger partial charge in [0.2, 0.25) is 5.91 Å². The van der Waals surface area contributed by atoms with Crippen molar-refractivity contribution in [2.45, 2.75) is 45.3 Å². The van der Waals surface area contributed by atoms with Crippen molar-refractivity contribution in [2.24, 2.45) is 0 Å². The van der Waals surface area contributed by atoms with Gasteiger partial charge in [-0.25, -0.2) is 9.69 Å². The maximum absolute atomic E-state index is 11.6. The van der Waals surface area contributed by atoms with E-state index in [1.54, 1.807) is 35.0 Å². The normalized spacial score (nSPS) is 19.1. The van der Waals surface area contributed by atoms with Crippen LogP contribution in [-0.2, 0) is 19.1 Å². The third-order valence-corrected chi connectivity index (χ3v) is 2.00. The summed E-state index contributed by atoms with van der Waals surface area (Å²) in [6.45, 7) is 5.13. The molecule has 0 spiro atoms. The number of hydrogen-bond acceptors (Lipinski definition) is 5. The second-order valence-corrected chi connectivity index (χ2v) is 4.89. The zero-order valence-electron chi connectivity index (χ0n) is 11.6. The van der Waals surface area contributed by atoms with Gasteiger partial charge in [-0.2, -0.15) is 0 Å². The number of carbonyl (C=O) groups excluding carboxylic acids is 3. The number of amides is 2. The van der Waals surface area contributed by atoms with Crippen molar-refractivity contribution in [2.75, 3.05) is 14.2 Å². The molecule has 18 heavy (non-hydrogen) atoms. The molecule has 1 aliphatic heterocycles. The van der Waals surface area contributed by atoms with Crippen LogP contribution in [-0.4, -0.2) is 49.0 Å². The lowest BCUT2D eigenvalue weighted by Gasteiger charge is -2.25. The molecule has 1 rings (SSSR count). The Labute approximate surface area is 107 Å².